The van der Waals surface area contributed by atoms with Crippen LogP contribution in [0.25, 0.3) is 0 Å². The molecule has 7 nitrogen and oxygen atoms in total. The Balaban J connectivity index is 2.15. The summed E-state index contributed by atoms with van der Waals surface area (Å²) in [5.41, 5.74) is 6.17. The molecule has 0 atom stereocenters. The molecule has 0 aromatic carbocycles. The molecule has 0 amide bonds. The van der Waals surface area contributed by atoms with Crippen molar-refractivity contribution in [2.24, 2.45) is 12.8 Å². The molecule has 2 heterocycles. The molecule has 2 rings (SSSR count). The summed E-state index contributed by atoms with van der Waals surface area (Å²) >= 11 is 3.07. The summed E-state index contributed by atoms with van der Waals surface area (Å²) in [6.07, 6.45) is 3.33. The smallest absolute Gasteiger partial charge is 0.245 e. The predicted molar refractivity (Wildman–Crippen MR) is 71.5 cm³/mol. The van der Waals surface area contributed by atoms with Crippen LogP contribution in [0.15, 0.2) is 32.4 Å². The summed E-state index contributed by atoms with van der Waals surface area (Å²) in [5, 5.41) is 3.96. The molecule has 0 radical (unpaired) electrons. The van der Waals surface area contributed by atoms with Crippen LogP contribution < -0.4 is 10.5 Å². The van der Waals surface area contributed by atoms with Crippen LogP contribution in [0.2, 0.25) is 0 Å². The van der Waals surface area contributed by atoms with E-state index in [2.05, 4.69) is 25.8 Å². The number of nitrogens with two attached hydrogens (primary N) is 1. The van der Waals surface area contributed by atoms with Crippen molar-refractivity contribution in [1.82, 2.24) is 14.5 Å². The second-order valence-electron chi connectivity index (χ2n) is 3.90. The second-order valence-corrected chi connectivity index (χ2v) is 6.36. The van der Waals surface area contributed by atoms with Gasteiger partial charge < -0.3 is 10.2 Å². The Morgan fingerprint density at radius 2 is 2.32 bits per heavy atom. The molecule has 0 aliphatic heterocycles. The molecule has 2 aromatic heterocycles. The van der Waals surface area contributed by atoms with Crippen LogP contribution in [0.3, 0.4) is 0 Å². The number of aromatic nitrogens is 2. The van der Waals surface area contributed by atoms with E-state index < -0.39 is 10.0 Å². The molecule has 0 saturated carbocycles. The number of nitrogens with zero attached hydrogens (tertiary/aromatic N) is 2. The SMILES string of the molecule is Cn1cc(CNS(=O)(=O)c2cc(CN)oc2Br)cn1. The maximum Gasteiger partial charge on any atom is 0.245 e. The minimum Gasteiger partial charge on any atom is -0.452 e. The minimum absolute atomic E-state index is 0.0387. The first kappa shape index (κ1) is 14.3. The third-order valence-electron chi connectivity index (χ3n) is 2.42. The van der Waals surface area contributed by atoms with Gasteiger partial charge in [-0.15, -0.1) is 0 Å². The Morgan fingerprint density at radius 1 is 1.58 bits per heavy atom. The lowest BCUT2D eigenvalue weighted by Crippen LogP contribution is -2.23. The third-order valence-corrected chi connectivity index (χ3v) is 4.68. The van der Waals surface area contributed by atoms with E-state index in [9.17, 15) is 8.42 Å². The van der Waals surface area contributed by atoms with Crippen molar-refractivity contribution in [3.63, 3.8) is 0 Å². The van der Waals surface area contributed by atoms with Gasteiger partial charge in [-0.3, -0.25) is 4.68 Å². The number of aryl methyl sites for hydroxylation is 1. The van der Waals surface area contributed by atoms with Crippen molar-refractivity contribution < 1.29 is 12.8 Å². The van der Waals surface area contributed by atoms with Crippen molar-refractivity contribution in [3.8, 4) is 0 Å². The summed E-state index contributed by atoms with van der Waals surface area (Å²) in [7, 11) is -1.89. The van der Waals surface area contributed by atoms with Gasteiger partial charge in [-0.2, -0.15) is 5.10 Å². The van der Waals surface area contributed by atoms with E-state index >= 15 is 0 Å². The number of furan rings is 1. The average molecular weight is 349 g/mol. The van der Waals surface area contributed by atoms with E-state index in [1.54, 1.807) is 24.1 Å². The Bertz CT molecular complexity index is 677. The van der Waals surface area contributed by atoms with Crippen LogP contribution in [-0.2, 0) is 30.2 Å². The lowest BCUT2D eigenvalue weighted by molar-refractivity contribution is 0.483. The molecular weight excluding hydrogens is 336 g/mol. The van der Waals surface area contributed by atoms with Gasteiger partial charge in [0.05, 0.1) is 12.7 Å². The van der Waals surface area contributed by atoms with Crippen LogP contribution in [0, 0.1) is 0 Å². The highest BCUT2D eigenvalue weighted by atomic mass is 79.9. The Kier molecular flexibility index (Phi) is 4.09. The number of rotatable bonds is 5. The number of sulfonamides is 1. The van der Waals surface area contributed by atoms with E-state index in [0.717, 1.165) is 5.56 Å². The summed E-state index contributed by atoms with van der Waals surface area (Å²) in [4.78, 5) is 0.0387. The van der Waals surface area contributed by atoms with Gasteiger partial charge in [0, 0.05) is 31.4 Å². The van der Waals surface area contributed by atoms with Gasteiger partial charge in [-0.25, -0.2) is 13.1 Å². The van der Waals surface area contributed by atoms with E-state index in [0.29, 0.717) is 5.76 Å². The number of halogens is 1. The average Bonchev–Trinajstić information content (AvgIpc) is 2.93. The standard InChI is InChI=1S/C10H13BrN4O3S/c1-15-6-7(4-13-15)5-14-19(16,17)9-2-8(3-12)18-10(9)11/h2,4,6,14H,3,5,12H2,1H3. The fourth-order valence-electron chi connectivity index (χ4n) is 1.50. The molecule has 0 saturated heterocycles. The van der Waals surface area contributed by atoms with E-state index in [-0.39, 0.29) is 22.7 Å². The molecule has 2 aromatic rings. The molecule has 0 aliphatic carbocycles. The molecule has 9 heteroatoms. The van der Waals surface area contributed by atoms with Gasteiger partial charge in [0.25, 0.3) is 0 Å². The number of hydrogen-bond acceptors (Lipinski definition) is 5. The highest BCUT2D eigenvalue weighted by Crippen LogP contribution is 2.25. The molecule has 0 bridgehead atoms. The van der Waals surface area contributed by atoms with Crippen molar-refractivity contribution in [2.75, 3.05) is 0 Å². The molecule has 0 fully saturated rings. The lowest BCUT2D eigenvalue weighted by Gasteiger charge is -2.03. The predicted octanol–water partition coefficient (Wildman–Crippen LogP) is 0.713. The molecule has 0 spiro atoms. The van der Waals surface area contributed by atoms with E-state index in [1.807, 2.05) is 0 Å². The van der Waals surface area contributed by atoms with Crippen molar-refractivity contribution in [3.05, 3.63) is 34.5 Å². The van der Waals surface area contributed by atoms with E-state index in [1.165, 1.54) is 6.07 Å². The molecular formula is C10H13BrN4O3S. The van der Waals surface area contributed by atoms with Crippen molar-refractivity contribution >= 4 is 26.0 Å². The fraction of sp³-hybridized carbons (Fsp3) is 0.300. The summed E-state index contributed by atoms with van der Waals surface area (Å²) in [5.74, 6) is 0.397. The quantitative estimate of drug-likeness (QED) is 0.828. The number of hydrogen-bond donors (Lipinski definition) is 2. The molecule has 0 aliphatic rings. The van der Waals surface area contributed by atoms with Gasteiger partial charge in [-0.1, -0.05) is 0 Å². The zero-order valence-corrected chi connectivity index (χ0v) is 12.5. The highest BCUT2D eigenvalue weighted by molar-refractivity contribution is 9.10. The topological polar surface area (TPSA) is 103 Å². The van der Waals surface area contributed by atoms with Crippen molar-refractivity contribution in [2.45, 2.75) is 18.0 Å². The third kappa shape index (κ3) is 3.24. The summed E-state index contributed by atoms with van der Waals surface area (Å²) in [6, 6.07) is 1.40. The Labute approximate surface area is 119 Å². The maximum atomic E-state index is 12.1. The molecule has 0 unspecified atom stereocenters. The van der Waals surface area contributed by atoms with Gasteiger partial charge in [0.2, 0.25) is 10.0 Å². The lowest BCUT2D eigenvalue weighted by atomic mass is 10.4. The van der Waals surface area contributed by atoms with Crippen molar-refractivity contribution in [1.29, 1.82) is 0 Å². The first-order chi connectivity index (χ1) is 8.92. The summed E-state index contributed by atoms with van der Waals surface area (Å²) < 4.78 is 33.6. The van der Waals surface area contributed by atoms with Crippen LogP contribution in [0.4, 0.5) is 0 Å². The fourth-order valence-corrected chi connectivity index (χ4v) is 3.51. The van der Waals surface area contributed by atoms with Crippen LogP contribution in [0.5, 0.6) is 0 Å². The largest absolute Gasteiger partial charge is 0.452 e. The molecule has 104 valence electrons. The highest BCUT2D eigenvalue weighted by Gasteiger charge is 2.22. The van der Waals surface area contributed by atoms with Gasteiger partial charge in [0.15, 0.2) is 4.67 Å². The number of nitrogens with one attached hydrogen (secondary N) is 1. The van der Waals surface area contributed by atoms with Crippen LogP contribution >= 0.6 is 15.9 Å². The van der Waals surface area contributed by atoms with Gasteiger partial charge >= 0.3 is 0 Å². The second kappa shape index (κ2) is 5.45. The molecule has 19 heavy (non-hydrogen) atoms. The van der Waals surface area contributed by atoms with Gasteiger partial charge in [0.1, 0.15) is 10.7 Å². The first-order valence-electron chi connectivity index (χ1n) is 5.38. The maximum absolute atomic E-state index is 12.1. The Hall–Kier alpha value is -1.16. The van der Waals surface area contributed by atoms with Gasteiger partial charge in [-0.05, 0) is 15.9 Å². The minimum atomic E-state index is -3.65. The monoisotopic (exact) mass is 348 g/mol. The van der Waals surface area contributed by atoms with Crippen LogP contribution in [0.1, 0.15) is 11.3 Å². The summed E-state index contributed by atoms with van der Waals surface area (Å²) in [6.45, 7) is 0.294. The van der Waals surface area contributed by atoms with Crippen LogP contribution in [-0.4, -0.2) is 18.2 Å². The normalized spacial score (nSPS) is 11.9. The zero-order valence-electron chi connectivity index (χ0n) is 10.1. The van der Waals surface area contributed by atoms with E-state index in [4.69, 9.17) is 10.2 Å². The molecule has 3 N–H and O–H groups in total. The first-order valence-corrected chi connectivity index (χ1v) is 7.65. The Morgan fingerprint density at radius 3 is 2.84 bits per heavy atom. The zero-order chi connectivity index (χ0) is 14.0.